The molecule has 0 spiro atoms. The fourth-order valence-corrected chi connectivity index (χ4v) is 3.11. The third kappa shape index (κ3) is 12.6. The van der Waals surface area contributed by atoms with Crippen molar-refractivity contribution in [2.24, 2.45) is 0 Å². The molecule has 0 atom stereocenters. The molecule has 7 heteroatoms. The molecule has 0 aliphatic heterocycles. The molecule has 1 rings (SSSR count). The van der Waals surface area contributed by atoms with Crippen LogP contribution in [-0.2, 0) is 4.79 Å². The summed E-state index contributed by atoms with van der Waals surface area (Å²) in [6.45, 7) is 0. The normalized spacial score (nSPS) is 11.2. The Morgan fingerprint density at radius 2 is 1.25 bits per heavy atom. The molecule has 0 radical (unpaired) electrons. The minimum Gasteiger partial charge on any atom is -0.465 e. The van der Waals surface area contributed by atoms with Gasteiger partial charge in [0.1, 0.15) is 17.2 Å². The number of carbonyl (C=O) groups is 1. The molecular formula is C21H27Br3O4. The van der Waals surface area contributed by atoms with Crippen molar-refractivity contribution in [3.8, 4) is 17.2 Å². The number of hydrogen-bond donors (Lipinski definition) is 0. The third-order valence-electron chi connectivity index (χ3n) is 3.46. The second-order valence-electron chi connectivity index (χ2n) is 5.90. The highest BCUT2D eigenvalue weighted by atomic mass is 79.9. The lowest BCUT2D eigenvalue weighted by Crippen LogP contribution is -2.07. The number of ether oxygens (including phenoxy) is 3. The van der Waals surface area contributed by atoms with Crippen molar-refractivity contribution in [2.45, 2.75) is 44.9 Å². The van der Waals surface area contributed by atoms with Gasteiger partial charge in [-0.3, -0.25) is 4.79 Å². The highest BCUT2D eigenvalue weighted by molar-refractivity contribution is 9.09. The van der Waals surface area contributed by atoms with Crippen molar-refractivity contribution in [2.75, 3.05) is 16.0 Å². The summed E-state index contributed by atoms with van der Waals surface area (Å²) in [5.74, 6) is 1.28. The number of alkyl halides is 3. The molecule has 0 fully saturated rings. The van der Waals surface area contributed by atoms with Crippen LogP contribution in [0.5, 0.6) is 17.2 Å². The number of esters is 1. The molecule has 0 unspecified atom stereocenters. The highest BCUT2D eigenvalue weighted by Crippen LogP contribution is 2.29. The molecule has 0 aliphatic rings. The predicted molar refractivity (Wildman–Crippen MR) is 125 cm³/mol. The average Bonchev–Trinajstić information content (AvgIpc) is 2.68. The number of hydrogen-bond acceptors (Lipinski definition) is 4. The number of allylic oxidation sites excluding steroid dienone is 2. The van der Waals surface area contributed by atoms with Gasteiger partial charge >= 0.3 is 5.97 Å². The molecule has 0 saturated carbocycles. The SMILES string of the molecule is O=C(CCCCBr)Oc1cc(OC=CCCCBr)cc(OC=CCCCBr)c1. The summed E-state index contributed by atoms with van der Waals surface area (Å²) in [5, 5.41) is 2.79. The van der Waals surface area contributed by atoms with E-state index < -0.39 is 0 Å². The van der Waals surface area contributed by atoms with Crippen LogP contribution < -0.4 is 14.2 Å². The van der Waals surface area contributed by atoms with E-state index in [9.17, 15) is 4.79 Å². The fourth-order valence-electron chi connectivity index (χ4n) is 2.07. The molecule has 156 valence electrons. The van der Waals surface area contributed by atoms with Crippen molar-refractivity contribution in [3.63, 3.8) is 0 Å². The van der Waals surface area contributed by atoms with Gasteiger partial charge in [-0.2, -0.15) is 0 Å². The maximum atomic E-state index is 12.0. The van der Waals surface area contributed by atoms with Crippen molar-refractivity contribution < 1.29 is 19.0 Å². The Morgan fingerprint density at radius 1 is 0.750 bits per heavy atom. The van der Waals surface area contributed by atoms with E-state index in [1.54, 1.807) is 30.7 Å². The van der Waals surface area contributed by atoms with Gasteiger partial charge in [0.25, 0.3) is 0 Å². The minimum absolute atomic E-state index is 0.259. The van der Waals surface area contributed by atoms with Gasteiger partial charge in [-0.25, -0.2) is 0 Å². The van der Waals surface area contributed by atoms with Crippen LogP contribution in [0.3, 0.4) is 0 Å². The van der Waals surface area contributed by atoms with E-state index in [-0.39, 0.29) is 5.97 Å². The monoisotopic (exact) mass is 580 g/mol. The van der Waals surface area contributed by atoms with Crippen LogP contribution in [0.1, 0.15) is 44.9 Å². The molecule has 0 aromatic heterocycles. The molecule has 4 nitrogen and oxygen atoms in total. The lowest BCUT2D eigenvalue weighted by Gasteiger charge is -2.09. The molecule has 0 amide bonds. The Balaban J connectivity index is 2.76. The van der Waals surface area contributed by atoms with Gasteiger partial charge in [0.15, 0.2) is 0 Å². The van der Waals surface area contributed by atoms with Crippen LogP contribution in [0.2, 0.25) is 0 Å². The maximum Gasteiger partial charge on any atom is 0.311 e. The number of unbranched alkanes of at least 4 members (excludes halogenated alkanes) is 3. The summed E-state index contributed by atoms with van der Waals surface area (Å²) in [6.07, 6.45) is 13.2. The van der Waals surface area contributed by atoms with Gasteiger partial charge < -0.3 is 14.2 Å². The van der Waals surface area contributed by atoms with Crippen LogP contribution in [-0.4, -0.2) is 22.0 Å². The maximum absolute atomic E-state index is 12.0. The number of benzene rings is 1. The number of carbonyl (C=O) groups excluding carboxylic acids is 1. The minimum atomic E-state index is -0.259. The van der Waals surface area contributed by atoms with Crippen LogP contribution in [0.15, 0.2) is 42.9 Å². The standard InChI is InChI=1S/C21H27Br3O4/c22-10-4-1-7-13-26-18-15-19(27-14-8-2-5-11-23)17-20(16-18)28-21(25)9-3-6-12-24/h7-8,13-17H,1-6,9-12H2. The van der Waals surface area contributed by atoms with Gasteiger partial charge in [-0.15, -0.1) is 0 Å². The Labute approximate surface area is 193 Å². The van der Waals surface area contributed by atoms with E-state index in [1.807, 2.05) is 12.2 Å². The summed E-state index contributed by atoms with van der Waals surface area (Å²) in [4.78, 5) is 12.0. The van der Waals surface area contributed by atoms with Crippen molar-refractivity contribution in [1.82, 2.24) is 0 Å². The molecule has 0 N–H and O–H groups in total. The number of halogens is 3. The van der Waals surface area contributed by atoms with E-state index in [2.05, 4.69) is 47.8 Å². The second kappa shape index (κ2) is 17.1. The number of rotatable bonds is 15. The predicted octanol–water partition coefficient (Wildman–Crippen LogP) is 7.29. The van der Waals surface area contributed by atoms with E-state index in [0.29, 0.717) is 23.7 Å². The molecule has 28 heavy (non-hydrogen) atoms. The highest BCUT2D eigenvalue weighted by Gasteiger charge is 2.09. The zero-order valence-corrected chi connectivity index (χ0v) is 20.6. The largest absolute Gasteiger partial charge is 0.465 e. The van der Waals surface area contributed by atoms with E-state index in [4.69, 9.17) is 14.2 Å². The van der Waals surface area contributed by atoms with E-state index >= 15 is 0 Å². The molecule has 1 aromatic rings. The zero-order valence-electron chi connectivity index (χ0n) is 15.9. The first kappa shape index (κ1) is 25.2. The molecule has 0 aliphatic carbocycles. The van der Waals surface area contributed by atoms with Crippen LogP contribution in [0.25, 0.3) is 0 Å². The van der Waals surface area contributed by atoms with Crippen LogP contribution in [0, 0.1) is 0 Å². The first-order valence-electron chi connectivity index (χ1n) is 9.36. The Bertz CT molecular complexity index is 579. The van der Waals surface area contributed by atoms with Crippen molar-refractivity contribution >= 4 is 53.8 Å². The summed E-state index contributed by atoms with van der Waals surface area (Å²) in [5.41, 5.74) is 0. The van der Waals surface area contributed by atoms with Gasteiger partial charge in [-0.1, -0.05) is 47.8 Å². The Hall–Kier alpha value is -0.790. The third-order valence-corrected chi connectivity index (χ3v) is 5.14. The Morgan fingerprint density at radius 3 is 1.75 bits per heavy atom. The van der Waals surface area contributed by atoms with Crippen LogP contribution >= 0.6 is 47.8 Å². The fraction of sp³-hybridized carbons (Fsp3) is 0.476. The topological polar surface area (TPSA) is 44.8 Å². The van der Waals surface area contributed by atoms with E-state index in [0.717, 1.165) is 54.5 Å². The first-order chi connectivity index (χ1) is 13.7. The molecule has 1 aromatic carbocycles. The van der Waals surface area contributed by atoms with Gasteiger partial charge in [0.2, 0.25) is 0 Å². The first-order valence-corrected chi connectivity index (χ1v) is 12.7. The van der Waals surface area contributed by atoms with Gasteiger partial charge in [0, 0.05) is 40.6 Å². The quantitative estimate of drug-likeness (QED) is 0.0716. The van der Waals surface area contributed by atoms with Gasteiger partial charge in [-0.05, 0) is 50.7 Å². The summed E-state index contributed by atoms with van der Waals surface area (Å²) in [7, 11) is 0. The lowest BCUT2D eigenvalue weighted by atomic mass is 10.2. The summed E-state index contributed by atoms with van der Waals surface area (Å²) >= 11 is 10.2. The lowest BCUT2D eigenvalue weighted by molar-refractivity contribution is -0.134. The molecule has 0 bridgehead atoms. The second-order valence-corrected chi connectivity index (χ2v) is 8.28. The van der Waals surface area contributed by atoms with Crippen molar-refractivity contribution in [3.05, 3.63) is 42.9 Å². The zero-order chi connectivity index (χ0) is 20.5. The average molecular weight is 583 g/mol. The smallest absolute Gasteiger partial charge is 0.311 e. The molecular weight excluding hydrogens is 556 g/mol. The van der Waals surface area contributed by atoms with E-state index in [1.165, 1.54) is 0 Å². The van der Waals surface area contributed by atoms with Crippen molar-refractivity contribution in [1.29, 1.82) is 0 Å². The summed E-state index contributed by atoms with van der Waals surface area (Å²) in [6, 6.07) is 5.16. The Kier molecular flexibility index (Phi) is 15.4. The summed E-state index contributed by atoms with van der Waals surface area (Å²) < 4.78 is 16.8. The molecule has 0 saturated heterocycles. The van der Waals surface area contributed by atoms with Crippen LogP contribution in [0.4, 0.5) is 0 Å². The van der Waals surface area contributed by atoms with Gasteiger partial charge in [0.05, 0.1) is 12.5 Å². The molecule has 0 heterocycles.